The first-order valence-corrected chi connectivity index (χ1v) is 12.7. The fourth-order valence-electron chi connectivity index (χ4n) is 5.36. The number of carboxylic acids is 1. The third-order valence-corrected chi connectivity index (χ3v) is 6.95. The van der Waals surface area contributed by atoms with E-state index in [4.69, 9.17) is 4.42 Å². The number of nitrogens with zero attached hydrogens (tertiary/aromatic N) is 1. The van der Waals surface area contributed by atoms with Gasteiger partial charge in [-0.15, -0.1) is 0 Å². The molecule has 36 heavy (non-hydrogen) atoms. The summed E-state index contributed by atoms with van der Waals surface area (Å²) in [6, 6.07) is 13.5. The Morgan fingerprint density at radius 3 is 2.42 bits per heavy atom. The molecule has 4 rings (SSSR count). The van der Waals surface area contributed by atoms with E-state index in [2.05, 4.69) is 22.5 Å². The molecule has 1 fully saturated rings. The number of carbonyl (C=O) groups excluding carboxylic acids is 1. The molecule has 1 heterocycles. The molecule has 0 radical (unpaired) electrons. The quantitative estimate of drug-likeness (QED) is 0.322. The zero-order valence-electron chi connectivity index (χ0n) is 21.5. The summed E-state index contributed by atoms with van der Waals surface area (Å²) >= 11 is 0. The van der Waals surface area contributed by atoms with E-state index in [-0.39, 0.29) is 11.6 Å². The number of amides is 2. The summed E-state index contributed by atoms with van der Waals surface area (Å²) < 4.78 is 5.68. The lowest BCUT2D eigenvalue weighted by molar-refractivity contribution is 0.0695. The second kappa shape index (κ2) is 10.9. The van der Waals surface area contributed by atoms with Crippen molar-refractivity contribution in [3.8, 4) is 11.1 Å². The van der Waals surface area contributed by atoms with Gasteiger partial charge in [-0.25, -0.2) is 9.59 Å². The van der Waals surface area contributed by atoms with Crippen molar-refractivity contribution in [2.45, 2.75) is 65.8 Å². The topological polar surface area (TPSA) is 94.8 Å². The van der Waals surface area contributed by atoms with Gasteiger partial charge in [-0.1, -0.05) is 37.5 Å². The maximum atomic E-state index is 13.1. The second-order valence-electron chi connectivity index (χ2n) is 9.53. The number of nitrogens with one attached hydrogen (secondary N) is 2. The van der Waals surface area contributed by atoms with Crippen LogP contribution in [0.3, 0.4) is 0 Å². The van der Waals surface area contributed by atoms with E-state index in [1.807, 2.05) is 49.4 Å². The molecule has 0 aliphatic heterocycles. The van der Waals surface area contributed by atoms with Gasteiger partial charge >= 0.3 is 12.0 Å². The van der Waals surface area contributed by atoms with Gasteiger partial charge in [-0.05, 0) is 75.9 Å². The van der Waals surface area contributed by atoms with Crippen molar-refractivity contribution in [2.24, 2.45) is 0 Å². The van der Waals surface area contributed by atoms with Gasteiger partial charge in [0.05, 0.1) is 11.4 Å². The molecule has 0 spiro atoms. The molecule has 1 aliphatic rings. The molecule has 0 atom stereocenters. The zero-order valence-corrected chi connectivity index (χ0v) is 21.5. The Morgan fingerprint density at radius 1 is 1.00 bits per heavy atom. The Morgan fingerprint density at radius 2 is 1.75 bits per heavy atom. The van der Waals surface area contributed by atoms with Crippen LogP contribution < -0.4 is 15.5 Å². The molecule has 1 aliphatic carbocycles. The van der Waals surface area contributed by atoms with E-state index in [1.165, 1.54) is 19.3 Å². The maximum absolute atomic E-state index is 13.1. The lowest BCUT2D eigenvalue weighted by atomic mass is 9.93. The number of anilines is 3. The number of rotatable bonds is 7. The molecule has 1 aromatic heterocycles. The fraction of sp³-hybridized carbons (Fsp3) is 0.379. The number of aromatic carboxylic acids is 1. The normalized spacial score (nSPS) is 13.9. The standard InChI is InChI=1S/C29H35N3O4/c1-5-32(23-12-7-6-8-13-23)25-15-14-21(26-19(3)36-20(4)27(26)28(33)34)17-24(25)31-29(35)30-22-11-9-10-18(2)16-22/h9-11,14-17,23H,5-8,12-13H2,1-4H3,(H,33,34)(H2,30,31,35). The molecule has 0 unspecified atom stereocenters. The number of benzene rings is 2. The van der Waals surface area contributed by atoms with Crippen LogP contribution in [0.5, 0.6) is 0 Å². The third-order valence-electron chi connectivity index (χ3n) is 6.95. The number of hydrogen-bond donors (Lipinski definition) is 3. The first kappa shape index (κ1) is 25.4. The Kier molecular flexibility index (Phi) is 7.67. The Hall–Kier alpha value is -3.74. The highest BCUT2D eigenvalue weighted by Crippen LogP contribution is 2.39. The highest BCUT2D eigenvalue weighted by molar-refractivity contribution is 6.03. The first-order valence-electron chi connectivity index (χ1n) is 12.7. The Labute approximate surface area is 212 Å². The minimum atomic E-state index is -1.03. The van der Waals surface area contributed by atoms with Crippen molar-refractivity contribution in [3.05, 3.63) is 65.1 Å². The Bertz CT molecular complexity index is 1260. The molecule has 3 N–H and O–H groups in total. The van der Waals surface area contributed by atoms with Gasteiger partial charge < -0.3 is 25.1 Å². The number of carboxylic acid groups (broad SMARTS) is 1. The maximum Gasteiger partial charge on any atom is 0.339 e. The largest absolute Gasteiger partial charge is 0.478 e. The van der Waals surface area contributed by atoms with E-state index in [0.717, 1.165) is 30.6 Å². The summed E-state index contributed by atoms with van der Waals surface area (Å²) in [5.41, 5.74) is 4.71. The molecule has 190 valence electrons. The SMILES string of the molecule is CCN(c1ccc(-c2c(C)oc(C)c2C(=O)O)cc1NC(=O)Nc1cccc(C)c1)C1CCCCC1. The molecule has 7 nitrogen and oxygen atoms in total. The third kappa shape index (κ3) is 5.40. The summed E-state index contributed by atoms with van der Waals surface area (Å²) in [7, 11) is 0. The van der Waals surface area contributed by atoms with E-state index in [1.54, 1.807) is 13.8 Å². The molecule has 2 amide bonds. The average Bonchev–Trinajstić information content (AvgIpc) is 3.14. The van der Waals surface area contributed by atoms with Gasteiger partial charge in [0.15, 0.2) is 0 Å². The van der Waals surface area contributed by atoms with Gasteiger partial charge in [0.2, 0.25) is 0 Å². The molecule has 7 heteroatoms. The molecule has 2 aromatic carbocycles. The molecule has 0 bridgehead atoms. The molecule has 3 aromatic rings. The van der Waals surface area contributed by atoms with Crippen molar-refractivity contribution in [3.63, 3.8) is 0 Å². The monoisotopic (exact) mass is 489 g/mol. The zero-order chi connectivity index (χ0) is 25.8. The lowest BCUT2D eigenvalue weighted by Gasteiger charge is -2.36. The van der Waals surface area contributed by atoms with E-state index in [9.17, 15) is 14.7 Å². The first-order chi connectivity index (χ1) is 17.3. The van der Waals surface area contributed by atoms with Crippen LogP contribution >= 0.6 is 0 Å². The van der Waals surface area contributed by atoms with Crippen LogP contribution in [0.1, 0.15) is 66.5 Å². The smallest absolute Gasteiger partial charge is 0.339 e. The predicted octanol–water partition coefficient (Wildman–Crippen LogP) is 7.37. The molecular formula is C29H35N3O4. The van der Waals surface area contributed by atoms with Crippen molar-refractivity contribution in [1.29, 1.82) is 0 Å². The number of carbonyl (C=O) groups is 2. The predicted molar refractivity (Wildman–Crippen MR) is 144 cm³/mol. The highest BCUT2D eigenvalue weighted by atomic mass is 16.4. The van der Waals surface area contributed by atoms with Gasteiger partial charge in [-0.3, -0.25) is 0 Å². The van der Waals surface area contributed by atoms with Crippen molar-refractivity contribution < 1.29 is 19.1 Å². The van der Waals surface area contributed by atoms with Crippen LogP contribution in [0.2, 0.25) is 0 Å². The van der Waals surface area contributed by atoms with Crippen molar-refractivity contribution in [1.82, 2.24) is 0 Å². The number of furan rings is 1. The van der Waals surface area contributed by atoms with Gasteiger partial charge in [-0.2, -0.15) is 0 Å². The van der Waals surface area contributed by atoms with Crippen molar-refractivity contribution in [2.75, 3.05) is 22.1 Å². The van der Waals surface area contributed by atoms with Gasteiger partial charge in [0, 0.05) is 23.8 Å². The van der Waals surface area contributed by atoms with Crippen LogP contribution in [0.15, 0.2) is 46.9 Å². The van der Waals surface area contributed by atoms with Crippen LogP contribution in [0.4, 0.5) is 21.9 Å². The summed E-state index contributed by atoms with van der Waals surface area (Å²) in [6.07, 6.45) is 5.89. The van der Waals surface area contributed by atoms with E-state index in [0.29, 0.717) is 40.1 Å². The van der Waals surface area contributed by atoms with Crippen LogP contribution in [0, 0.1) is 20.8 Å². The summed E-state index contributed by atoms with van der Waals surface area (Å²) in [5, 5.41) is 15.8. The van der Waals surface area contributed by atoms with Gasteiger partial charge in [0.1, 0.15) is 17.1 Å². The molecule has 1 saturated carbocycles. The van der Waals surface area contributed by atoms with E-state index < -0.39 is 5.97 Å². The summed E-state index contributed by atoms with van der Waals surface area (Å²) in [6.45, 7) is 8.34. The molecular weight excluding hydrogens is 454 g/mol. The van der Waals surface area contributed by atoms with Crippen molar-refractivity contribution >= 4 is 29.1 Å². The van der Waals surface area contributed by atoms with E-state index >= 15 is 0 Å². The minimum Gasteiger partial charge on any atom is -0.478 e. The summed E-state index contributed by atoms with van der Waals surface area (Å²) in [5.74, 6) is -0.136. The molecule has 0 saturated heterocycles. The number of urea groups is 1. The average molecular weight is 490 g/mol. The van der Waals surface area contributed by atoms with Crippen LogP contribution in [-0.4, -0.2) is 29.7 Å². The lowest BCUT2D eigenvalue weighted by Crippen LogP contribution is -2.37. The van der Waals surface area contributed by atoms with Gasteiger partial charge in [0.25, 0.3) is 0 Å². The number of aryl methyl sites for hydroxylation is 3. The van der Waals surface area contributed by atoms with Crippen LogP contribution in [-0.2, 0) is 0 Å². The Balaban J connectivity index is 1.75. The summed E-state index contributed by atoms with van der Waals surface area (Å²) in [4.78, 5) is 27.4. The second-order valence-corrected chi connectivity index (χ2v) is 9.53. The highest BCUT2D eigenvalue weighted by Gasteiger charge is 2.26. The fourth-order valence-corrected chi connectivity index (χ4v) is 5.36. The number of hydrogen-bond acceptors (Lipinski definition) is 4. The van der Waals surface area contributed by atoms with Crippen LogP contribution in [0.25, 0.3) is 11.1 Å². The minimum absolute atomic E-state index is 0.148.